The lowest BCUT2D eigenvalue weighted by Crippen LogP contribution is -2.59. The number of phenols is 6. The number of hydroxylamine groups is 15. The summed E-state index contributed by atoms with van der Waals surface area (Å²) < 4.78 is 18.4. The lowest BCUT2D eigenvalue weighted by molar-refractivity contribution is -1.13. The molecule has 2 aromatic heterocycles. The molecule has 4 fully saturated rings. The molecule has 3 aliphatic carbocycles. The molecule has 16 rings (SSSR count). The van der Waals surface area contributed by atoms with Crippen molar-refractivity contribution in [1.29, 1.82) is 0 Å². The Morgan fingerprint density at radius 2 is 0.991 bits per heavy atom. The topological polar surface area (TPSA) is 452 Å². The Morgan fingerprint density at radius 3 is 1.48 bits per heavy atom. The number of ketones is 6. The first-order chi connectivity index (χ1) is 55.4. The first-order valence-electron chi connectivity index (χ1n) is 38.7. The summed E-state index contributed by atoms with van der Waals surface area (Å²) in [5, 5.41) is 145. The molecule has 35 heteroatoms. The number of furan rings is 1. The molecule has 4 saturated heterocycles. The summed E-state index contributed by atoms with van der Waals surface area (Å²) in [6, 6.07) is 15.9. The van der Waals surface area contributed by atoms with Gasteiger partial charge in [-0.2, -0.15) is 18.6 Å². The number of amides is 1. The van der Waals surface area contributed by atoms with E-state index in [9.17, 15) is 105 Å². The van der Waals surface area contributed by atoms with Crippen LogP contribution < -0.4 is 30.2 Å². The number of piperazine rings is 2. The molecule has 117 heavy (non-hydrogen) atoms. The second-order valence-electron chi connectivity index (χ2n) is 32.3. The number of hydrogen-bond acceptors (Lipinski definition) is 28. The molecule has 6 heterocycles. The van der Waals surface area contributed by atoms with E-state index in [2.05, 4.69) is 20.5 Å². The molecule has 1 amide bonds. The monoisotopic (exact) mass is 1620 g/mol. The van der Waals surface area contributed by atoms with Crippen molar-refractivity contribution in [3.63, 3.8) is 0 Å². The number of rotatable bonds is 22. The number of aliphatic hydroxyl groups is 2. The maximum absolute atomic E-state index is 14.5. The number of H-pyrrole nitrogens is 1. The Labute approximate surface area is 669 Å². The minimum absolute atomic E-state index is 0.00377. The molecule has 0 spiro atoms. The number of nitrogens with one attached hydrogen (secondary N) is 3. The maximum Gasteiger partial charge on any atom is 0.364 e. The zero-order valence-electron chi connectivity index (χ0n) is 65.6. The van der Waals surface area contributed by atoms with Crippen molar-refractivity contribution in [3.05, 3.63) is 152 Å². The number of aromatic nitrogens is 1. The second kappa shape index (κ2) is 31.2. The molecule has 618 valence electrons. The normalized spacial score (nSPS) is 18.1. The third-order valence-electron chi connectivity index (χ3n) is 23.2. The Balaban J connectivity index is 0.000000145. The van der Waals surface area contributed by atoms with Crippen molar-refractivity contribution in [2.75, 3.05) is 223 Å². The van der Waals surface area contributed by atoms with Crippen molar-refractivity contribution in [2.45, 2.75) is 12.8 Å². The molecule has 16 N–H and O–H groups in total. The van der Waals surface area contributed by atoms with E-state index in [-0.39, 0.29) is 188 Å². The van der Waals surface area contributed by atoms with Crippen LogP contribution in [0.2, 0.25) is 0 Å². The molecule has 7 aliphatic rings. The Bertz CT molecular complexity index is 5460. The van der Waals surface area contributed by atoms with Gasteiger partial charge in [0.1, 0.15) is 94.7 Å². The number of likely N-dealkylation sites (N-methyl/N-ethyl adjacent to an activating group) is 4. The first kappa shape index (κ1) is 82.1. The molecular weight excluding hydrogens is 1520 g/mol. The number of hydrogen-bond donors (Lipinski definition) is 16. The van der Waals surface area contributed by atoms with E-state index < -0.39 is 85.2 Å². The van der Waals surface area contributed by atoms with Gasteiger partial charge in [0.2, 0.25) is 34.7 Å². The summed E-state index contributed by atoms with van der Waals surface area (Å²) in [6.45, 7) is 7.17. The number of aromatic hydroxyl groups is 6. The van der Waals surface area contributed by atoms with Gasteiger partial charge in [-0.05, 0) is 55.9 Å². The molecule has 0 bridgehead atoms. The fourth-order valence-electron chi connectivity index (χ4n) is 16.6. The van der Waals surface area contributed by atoms with Gasteiger partial charge in [-0.15, -0.1) is 4.65 Å². The number of carbonyl (C=O) groups excluding carboxylic acids is 7. The summed E-state index contributed by atoms with van der Waals surface area (Å²) in [5.41, 5.74) is 0.868. The minimum Gasteiger partial charge on any atom is -0.507 e. The van der Waals surface area contributed by atoms with Crippen molar-refractivity contribution < 1.29 is 132 Å². The molecule has 9 aromatic rings. The lowest BCUT2D eigenvalue weighted by atomic mass is 9.79. The number of likely N-dealkylation sites (tertiary alicyclic amines) is 2. The van der Waals surface area contributed by atoms with Gasteiger partial charge < -0.3 is 85.4 Å². The lowest BCUT2D eigenvalue weighted by Gasteiger charge is -2.40. The number of fused-ring (bicyclic) bond motifs is 9. The third-order valence-corrected chi connectivity index (χ3v) is 23.2. The first-order valence-corrected chi connectivity index (χ1v) is 38.7. The van der Waals surface area contributed by atoms with Crippen LogP contribution in [0.3, 0.4) is 0 Å². The van der Waals surface area contributed by atoms with Crippen LogP contribution in [0, 0.1) is 5.82 Å². The van der Waals surface area contributed by atoms with Gasteiger partial charge in [0.25, 0.3) is 0 Å². The van der Waals surface area contributed by atoms with Gasteiger partial charge in [-0.1, -0.05) is 24.3 Å². The summed E-state index contributed by atoms with van der Waals surface area (Å²) in [6.07, 6.45) is 5.29. The largest absolute Gasteiger partial charge is 0.507 e. The number of phenolic OH excluding ortho intramolecular Hbond substituents is 6. The average molecular weight is 1620 g/mol. The van der Waals surface area contributed by atoms with Gasteiger partial charge in [0, 0.05) is 60.0 Å². The highest BCUT2D eigenvalue weighted by Crippen LogP contribution is 2.53. The highest BCUT2D eigenvalue weighted by atomic mass is 19.1. The van der Waals surface area contributed by atoms with E-state index in [1.807, 2.05) is 6.07 Å². The molecule has 4 aliphatic heterocycles. The number of aromatic amines is 1. The smallest absolute Gasteiger partial charge is 0.364 e. The zero-order valence-corrected chi connectivity index (χ0v) is 65.6. The van der Waals surface area contributed by atoms with Gasteiger partial charge in [-0.3, -0.25) is 28.8 Å². The number of carbonyl (C=O) groups is 7. The molecule has 1 atom stereocenters. The van der Waals surface area contributed by atoms with Crippen LogP contribution in [0.15, 0.2) is 83.6 Å². The third kappa shape index (κ3) is 15.0. The SMILES string of the molecule is C[N+](C)(O)CCN(CCO)c1c2c(c(N(CCO)CC[N+](C)(C)O)c3ccccc13)C(=O)c1c(O)ccc(O)c1C2=O.C[N+]1(O)CCN(c2c3c(c(N4CC[N+](C)(O)C(=O)C4)c4ccoc24)C(=O)c2c(O)cc(F)c(O)c2C3=O)CC1.O=C1c2c(O)ccc(O)c2C(=O)c2c1c(NCCN1CCC1)c1cc[nH]c1c2NCC[N+]1(O)CCC1. The van der Waals surface area contributed by atoms with E-state index in [0.717, 1.165) is 43.6 Å². The summed E-state index contributed by atoms with van der Waals surface area (Å²) >= 11 is 0. The van der Waals surface area contributed by atoms with E-state index in [1.165, 1.54) is 31.9 Å². The van der Waals surface area contributed by atoms with Crippen LogP contribution in [0.25, 0.3) is 32.6 Å². The molecule has 34 nitrogen and oxygen atoms in total. The molecule has 0 saturated carbocycles. The van der Waals surface area contributed by atoms with Crippen molar-refractivity contribution >= 4 is 107 Å². The van der Waals surface area contributed by atoms with Crippen LogP contribution in [-0.2, 0) is 4.79 Å². The maximum atomic E-state index is 14.5. The highest BCUT2D eigenvalue weighted by molar-refractivity contribution is 6.39. The van der Waals surface area contributed by atoms with Crippen LogP contribution in [-0.4, -0.2) is 334 Å². The fraction of sp³-hybridized carbons (Fsp3) is 0.378. The predicted molar refractivity (Wildman–Crippen MR) is 424 cm³/mol. The minimum atomic E-state index is -1.26. The quantitative estimate of drug-likeness (QED) is 0.0128. The Kier molecular flexibility index (Phi) is 21.9. The highest BCUT2D eigenvalue weighted by Gasteiger charge is 2.49. The van der Waals surface area contributed by atoms with Crippen LogP contribution in [0.1, 0.15) is 108 Å². The molecule has 7 aromatic carbocycles. The molecular formula is C82H97FN13O21+5. The van der Waals surface area contributed by atoms with Crippen molar-refractivity contribution in [1.82, 2.24) is 9.88 Å². The average Bonchev–Trinajstić information content (AvgIpc) is 1.64. The van der Waals surface area contributed by atoms with Crippen LogP contribution in [0.5, 0.6) is 34.5 Å². The Morgan fingerprint density at radius 1 is 0.513 bits per heavy atom. The van der Waals surface area contributed by atoms with Gasteiger partial charge in [-0.25, -0.2) is 35.2 Å². The molecule has 1 unspecified atom stereocenters. The van der Waals surface area contributed by atoms with Gasteiger partial charge >= 0.3 is 5.91 Å². The number of quaternary nitrogens is 5. The van der Waals surface area contributed by atoms with E-state index in [4.69, 9.17) is 4.42 Å². The number of halogens is 1. The fourth-order valence-corrected chi connectivity index (χ4v) is 16.6. The number of benzene rings is 7. The number of nitrogens with zero attached hydrogens (tertiary/aromatic N) is 10. The zero-order chi connectivity index (χ0) is 84.0. The van der Waals surface area contributed by atoms with E-state index >= 15 is 0 Å². The van der Waals surface area contributed by atoms with E-state index in [1.54, 1.807) is 91.4 Å². The summed E-state index contributed by atoms with van der Waals surface area (Å²) in [7, 11) is 9.37. The van der Waals surface area contributed by atoms with Crippen LogP contribution in [0.4, 0.5) is 38.5 Å². The van der Waals surface area contributed by atoms with Crippen molar-refractivity contribution in [2.24, 2.45) is 0 Å². The number of aliphatic hydroxyl groups excluding tert-OH is 2. The van der Waals surface area contributed by atoms with Crippen molar-refractivity contribution in [3.8, 4) is 34.5 Å². The predicted octanol–water partition coefficient (Wildman–Crippen LogP) is 5.65. The number of anilines is 6. The van der Waals surface area contributed by atoms with Crippen LogP contribution >= 0.6 is 0 Å². The molecule has 0 radical (unpaired) electrons. The van der Waals surface area contributed by atoms with Gasteiger partial charge in [0.15, 0.2) is 17.1 Å². The summed E-state index contributed by atoms with van der Waals surface area (Å²) in [5.74, 6) is -9.39. The van der Waals surface area contributed by atoms with Gasteiger partial charge in [0.05, 0.1) is 207 Å². The van der Waals surface area contributed by atoms with E-state index in [0.29, 0.717) is 96.3 Å². The Hall–Kier alpha value is -11.4. The second-order valence-corrected chi connectivity index (χ2v) is 32.3. The standard InChI is InChI=1S/C30H38N4O8.C26H25FN4O8.C26H29N5O5/c1-33(2,41)15-11-31(13-17-35)27-19-7-5-6-8-20(19)28(32(14-18-36)12-16-34(3,4)42)26-25(27)29(39)23-21(37)9-10-22(38)24(23)30(26)40;1-30(37)7-4-28(5-8-30)22-19-18(24(35)17-15(32)11-14(27)23(34)20(17)25(19)36)21(13-3-10-39-26(13)22)29-6-9-31(2,38)16(33)12-29;32-16-3-4-17(33)19-18(16)25(34)20-21(26(19)35)24(29-8-14-31(36)12-2-13-31)23-15(5-6-27-23)22(20)28-7-11-30-9-1-10-30/h5-10,35-36,41-42H,11-18H2,1-4H3;3,10-11,37-38H,4-9,12H2,1-2H3;3-6,36H,1-2,7-14H2,(H4-,27,28,29,32,33,34,35)/p+5. The summed E-state index contributed by atoms with van der Waals surface area (Å²) in [4.78, 5) is 110.